The smallest absolute Gasteiger partial charge is 0.318 e. The van der Waals surface area contributed by atoms with Gasteiger partial charge in [0.25, 0.3) is 17.5 Å². The average Bonchev–Trinajstić information content (AvgIpc) is 3.04. The average molecular weight is 444 g/mol. The molecule has 0 radical (unpaired) electrons. The molecule has 4 amide bonds. The largest absolute Gasteiger partial charge is 0.335 e. The van der Waals surface area contributed by atoms with Gasteiger partial charge in [-0.15, -0.1) is 0 Å². The van der Waals surface area contributed by atoms with Gasteiger partial charge in [-0.2, -0.15) is 0 Å². The molecule has 0 bridgehead atoms. The fourth-order valence-electron chi connectivity index (χ4n) is 3.89. The Labute approximate surface area is 189 Å². The number of imide groups is 2. The highest BCUT2D eigenvalue weighted by Gasteiger charge is 2.37. The molecule has 1 aliphatic heterocycles. The van der Waals surface area contributed by atoms with Crippen LogP contribution in [0.3, 0.4) is 0 Å². The number of hydrogen-bond acceptors (Lipinski definition) is 5. The second kappa shape index (κ2) is 8.19. The molecule has 1 fully saturated rings. The second-order valence-corrected chi connectivity index (χ2v) is 7.74. The number of non-ortho nitro benzene ring substituents is 1. The van der Waals surface area contributed by atoms with Gasteiger partial charge in [-0.3, -0.25) is 25.0 Å². The molecule has 0 aliphatic carbocycles. The third-order valence-corrected chi connectivity index (χ3v) is 5.43. The molecule has 9 heteroatoms. The summed E-state index contributed by atoms with van der Waals surface area (Å²) >= 11 is 0. The van der Waals surface area contributed by atoms with Crippen LogP contribution in [0.5, 0.6) is 0 Å². The highest BCUT2D eigenvalue weighted by molar-refractivity contribution is 6.39. The summed E-state index contributed by atoms with van der Waals surface area (Å²) in [6.45, 7) is 5.44. The molecular formula is C24H20N4O5. The van der Waals surface area contributed by atoms with E-state index in [4.69, 9.17) is 0 Å². The predicted octanol–water partition coefficient (Wildman–Crippen LogP) is 3.98. The summed E-state index contributed by atoms with van der Waals surface area (Å²) < 4.78 is 1.80. The van der Waals surface area contributed by atoms with Gasteiger partial charge in [-0.25, -0.2) is 9.69 Å². The SMILES string of the molecule is Cc1cccc(N2C(=O)NC(=O)C(=Cc3cc(C)n(-c4cccc([N+](=O)[O-])c4)c3C)C2=O)c1. The molecule has 0 atom stereocenters. The highest BCUT2D eigenvalue weighted by atomic mass is 16.6. The number of nitro groups is 1. The number of aryl methyl sites for hydroxylation is 2. The number of carbonyl (C=O) groups excluding carboxylic acids is 3. The van der Waals surface area contributed by atoms with E-state index in [1.54, 1.807) is 47.9 Å². The number of anilines is 1. The summed E-state index contributed by atoms with van der Waals surface area (Å²) in [5.74, 6) is -1.51. The van der Waals surface area contributed by atoms with Crippen LogP contribution >= 0.6 is 0 Å². The Hall–Kier alpha value is -4.53. The number of urea groups is 1. The minimum atomic E-state index is -0.810. The van der Waals surface area contributed by atoms with E-state index in [-0.39, 0.29) is 11.3 Å². The monoisotopic (exact) mass is 444 g/mol. The van der Waals surface area contributed by atoms with E-state index in [1.807, 2.05) is 19.9 Å². The summed E-state index contributed by atoms with van der Waals surface area (Å²) in [7, 11) is 0. The molecule has 2 heterocycles. The molecule has 0 spiro atoms. The zero-order chi connectivity index (χ0) is 23.9. The molecule has 166 valence electrons. The number of hydrogen-bond donors (Lipinski definition) is 1. The van der Waals surface area contributed by atoms with Crippen molar-refractivity contribution in [3.05, 3.63) is 92.8 Å². The Morgan fingerprint density at radius 1 is 0.939 bits per heavy atom. The Morgan fingerprint density at radius 2 is 1.64 bits per heavy atom. The maximum Gasteiger partial charge on any atom is 0.335 e. The van der Waals surface area contributed by atoms with Crippen LogP contribution in [0.1, 0.15) is 22.5 Å². The lowest BCUT2D eigenvalue weighted by Crippen LogP contribution is -2.54. The van der Waals surface area contributed by atoms with E-state index in [2.05, 4.69) is 5.32 Å². The Kier molecular flexibility index (Phi) is 5.39. The molecule has 9 nitrogen and oxygen atoms in total. The lowest BCUT2D eigenvalue weighted by molar-refractivity contribution is -0.384. The summed E-state index contributed by atoms with van der Waals surface area (Å²) in [4.78, 5) is 49.7. The van der Waals surface area contributed by atoms with Gasteiger partial charge in [0.15, 0.2) is 0 Å². The number of rotatable bonds is 4. The van der Waals surface area contributed by atoms with Crippen molar-refractivity contribution in [2.24, 2.45) is 0 Å². The zero-order valence-corrected chi connectivity index (χ0v) is 18.2. The number of nitrogens with zero attached hydrogens (tertiary/aromatic N) is 3. The van der Waals surface area contributed by atoms with Crippen LogP contribution in [-0.2, 0) is 9.59 Å². The van der Waals surface area contributed by atoms with Crippen LogP contribution in [-0.4, -0.2) is 27.3 Å². The highest BCUT2D eigenvalue weighted by Crippen LogP contribution is 2.27. The summed E-state index contributed by atoms with van der Waals surface area (Å²) in [5.41, 5.74) is 3.59. The van der Waals surface area contributed by atoms with Crippen LogP contribution in [0.15, 0.2) is 60.2 Å². The maximum atomic E-state index is 13.1. The van der Waals surface area contributed by atoms with E-state index in [1.165, 1.54) is 18.2 Å². The molecule has 1 saturated heterocycles. The fraction of sp³-hybridized carbons (Fsp3) is 0.125. The first-order valence-corrected chi connectivity index (χ1v) is 10.1. The lowest BCUT2D eigenvalue weighted by atomic mass is 10.1. The minimum absolute atomic E-state index is 0.0472. The van der Waals surface area contributed by atoms with E-state index in [9.17, 15) is 24.5 Å². The molecule has 3 aromatic rings. The van der Waals surface area contributed by atoms with Gasteiger partial charge < -0.3 is 4.57 Å². The molecule has 33 heavy (non-hydrogen) atoms. The zero-order valence-electron chi connectivity index (χ0n) is 18.2. The third kappa shape index (κ3) is 3.91. The molecule has 1 aliphatic rings. The number of barbiturate groups is 1. The van der Waals surface area contributed by atoms with Crippen molar-refractivity contribution >= 4 is 35.3 Å². The molecule has 4 rings (SSSR count). The Morgan fingerprint density at radius 3 is 2.33 bits per heavy atom. The van der Waals surface area contributed by atoms with Crippen molar-refractivity contribution in [3.63, 3.8) is 0 Å². The van der Waals surface area contributed by atoms with Gasteiger partial charge in [0.1, 0.15) is 5.57 Å². The van der Waals surface area contributed by atoms with Crippen LogP contribution in [0.2, 0.25) is 0 Å². The molecule has 1 N–H and O–H groups in total. The van der Waals surface area contributed by atoms with E-state index in [0.717, 1.165) is 16.2 Å². The molecule has 2 aromatic carbocycles. The standard InChI is InChI=1S/C24H20N4O5/c1-14-6-4-7-18(10-14)27-23(30)21(22(29)25-24(27)31)12-17-11-15(2)26(16(17)3)19-8-5-9-20(13-19)28(32)33/h4-13H,1-3H3,(H,25,29,31). The fourth-order valence-corrected chi connectivity index (χ4v) is 3.89. The number of nitro benzene ring substituents is 1. The molecular weight excluding hydrogens is 424 g/mol. The van der Waals surface area contributed by atoms with Crippen molar-refractivity contribution in [3.8, 4) is 5.69 Å². The van der Waals surface area contributed by atoms with Gasteiger partial charge in [-0.1, -0.05) is 18.2 Å². The van der Waals surface area contributed by atoms with Crippen LogP contribution < -0.4 is 10.2 Å². The van der Waals surface area contributed by atoms with Crippen molar-refractivity contribution < 1.29 is 19.3 Å². The normalized spacial score (nSPS) is 15.2. The quantitative estimate of drug-likeness (QED) is 0.283. The maximum absolute atomic E-state index is 13.1. The predicted molar refractivity (Wildman–Crippen MR) is 122 cm³/mol. The van der Waals surface area contributed by atoms with Crippen molar-refractivity contribution in [2.45, 2.75) is 20.8 Å². The summed E-state index contributed by atoms with van der Waals surface area (Å²) in [6.07, 6.45) is 1.43. The van der Waals surface area contributed by atoms with Crippen molar-refractivity contribution in [1.82, 2.24) is 9.88 Å². The number of aromatic nitrogens is 1. The Balaban J connectivity index is 1.77. The van der Waals surface area contributed by atoms with Crippen LogP contribution in [0, 0.1) is 30.9 Å². The molecule has 1 aromatic heterocycles. The van der Waals surface area contributed by atoms with Gasteiger partial charge in [0, 0.05) is 23.5 Å². The van der Waals surface area contributed by atoms with Crippen molar-refractivity contribution in [1.29, 1.82) is 0 Å². The van der Waals surface area contributed by atoms with Gasteiger partial charge in [0.2, 0.25) is 0 Å². The molecule has 0 unspecified atom stereocenters. The minimum Gasteiger partial charge on any atom is -0.318 e. The first kappa shape index (κ1) is 21.7. The van der Waals surface area contributed by atoms with Gasteiger partial charge >= 0.3 is 6.03 Å². The second-order valence-electron chi connectivity index (χ2n) is 7.74. The van der Waals surface area contributed by atoms with E-state index in [0.29, 0.717) is 22.6 Å². The van der Waals surface area contributed by atoms with Crippen molar-refractivity contribution in [2.75, 3.05) is 4.90 Å². The topological polar surface area (TPSA) is 115 Å². The van der Waals surface area contributed by atoms with E-state index < -0.39 is 22.8 Å². The molecule has 0 saturated carbocycles. The number of amides is 4. The van der Waals surface area contributed by atoms with Gasteiger partial charge in [0.05, 0.1) is 16.3 Å². The Bertz CT molecular complexity index is 1370. The first-order valence-electron chi connectivity index (χ1n) is 10.1. The van der Waals surface area contributed by atoms with E-state index >= 15 is 0 Å². The number of carbonyl (C=O) groups is 3. The van der Waals surface area contributed by atoms with Crippen LogP contribution in [0.25, 0.3) is 11.8 Å². The van der Waals surface area contributed by atoms with Gasteiger partial charge in [-0.05, 0) is 62.2 Å². The summed E-state index contributed by atoms with van der Waals surface area (Å²) in [6, 6.07) is 14.0. The summed E-state index contributed by atoms with van der Waals surface area (Å²) in [5, 5.41) is 13.4. The number of benzene rings is 2. The third-order valence-electron chi connectivity index (χ3n) is 5.43. The van der Waals surface area contributed by atoms with Crippen LogP contribution in [0.4, 0.5) is 16.2 Å². The number of nitrogens with one attached hydrogen (secondary N) is 1. The first-order chi connectivity index (χ1) is 15.7. The lowest BCUT2D eigenvalue weighted by Gasteiger charge is -2.26.